The summed E-state index contributed by atoms with van der Waals surface area (Å²) in [6.45, 7) is 0.279. The smallest absolute Gasteiger partial charge is 0.253 e. The van der Waals surface area contributed by atoms with Crippen LogP contribution in [0.25, 0.3) is 10.6 Å². The van der Waals surface area contributed by atoms with E-state index in [9.17, 15) is 4.79 Å². The Morgan fingerprint density at radius 3 is 2.52 bits per heavy atom. The number of rotatable bonds is 8. The first-order valence-corrected chi connectivity index (χ1v) is 9.44. The minimum Gasteiger partial charge on any atom is -0.354 e. The van der Waals surface area contributed by atoms with E-state index >= 15 is 0 Å². The molecular weight excluding hydrogens is 360 g/mol. The lowest BCUT2D eigenvalue weighted by atomic mass is 10.1. The zero-order valence-corrected chi connectivity index (χ0v) is 16.2. The van der Waals surface area contributed by atoms with Crippen LogP contribution in [0, 0.1) is 0 Å². The summed E-state index contributed by atoms with van der Waals surface area (Å²) in [6.07, 6.45) is 2.04. The first-order chi connectivity index (χ1) is 13.2. The number of hydrogen-bond acceptors (Lipinski definition) is 5. The van der Waals surface area contributed by atoms with Crippen molar-refractivity contribution in [3.05, 3.63) is 76.8 Å². The van der Waals surface area contributed by atoms with E-state index in [0.29, 0.717) is 5.56 Å². The molecule has 27 heavy (non-hydrogen) atoms. The van der Waals surface area contributed by atoms with Crippen LogP contribution >= 0.6 is 11.3 Å². The van der Waals surface area contributed by atoms with Gasteiger partial charge in [-0.1, -0.05) is 30.3 Å². The van der Waals surface area contributed by atoms with Crippen LogP contribution in [0.15, 0.2) is 60.8 Å². The van der Waals surface area contributed by atoms with E-state index in [2.05, 4.69) is 46.7 Å². The molecule has 0 aliphatic rings. The number of aromatic nitrogens is 1. The second-order valence-electron chi connectivity index (χ2n) is 5.97. The third-order valence-corrected chi connectivity index (χ3v) is 5.22. The summed E-state index contributed by atoms with van der Waals surface area (Å²) >= 11 is 1.72. The van der Waals surface area contributed by atoms with E-state index < -0.39 is 6.29 Å². The molecule has 0 radical (unpaired) electrons. The molecule has 0 bridgehead atoms. The number of ether oxygens (including phenoxy) is 2. The molecule has 140 valence electrons. The van der Waals surface area contributed by atoms with E-state index in [0.717, 1.165) is 17.0 Å². The highest BCUT2D eigenvalue weighted by Gasteiger charge is 2.11. The Balaban J connectivity index is 1.63. The van der Waals surface area contributed by atoms with E-state index in [1.807, 2.05) is 12.1 Å². The molecule has 0 atom stereocenters. The van der Waals surface area contributed by atoms with E-state index in [-0.39, 0.29) is 12.5 Å². The van der Waals surface area contributed by atoms with Crippen molar-refractivity contribution in [2.75, 3.05) is 20.8 Å². The number of nitrogens with one attached hydrogen (secondary N) is 1. The first kappa shape index (κ1) is 19.2. The van der Waals surface area contributed by atoms with Gasteiger partial charge in [-0.05, 0) is 29.8 Å². The van der Waals surface area contributed by atoms with Crippen molar-refractivity contribution in [1.29, 1.82) is 0 Å². The zero-order chi connectivity index (χ0) is 19.1. The molecule has 6 heteroatoms. The van der Waals surface area contributed by atoms with Crippen molar-refractivity contribution in [1.82, 2.24) is 10.3 Å². The number of carbonyl (C=O) groups is 1. The molecule has 0 aliphatic carbocycles. The molecule has 0 spiro atoms. The average molecular weight is 382 g/mol. The molecule has 1 N–H and O–H groups in total. The highest BCUT2D eigenvalue weighted by molar-refractivity contribution is 7.15. The number of pyridine rings is 1. The Bertz CT molecular complexity index is 859. The summed E-state index contributed by atoms with van der Waals surface area (Å²) in [7, 11) is 3.06. The molecule has 0 saturated heterocycles. The molecule has 0 aliphatic heterocycles. The van der Waals surface area contributed by atoms with Crippen LogP contribution in [-0.2, 0) is 15.9 Å². The maximum atomic E-state index is 12.2. The van der Waals surface area contributed by atoms with Crippen molar-refractivity contribution >= 4 is 17.2 Å². The second kappa shape index (κ2) is 9.41. The molecule has 2 aromatic heterocycles. The van der Waals surface area contributed by atoms with Gasteiger partial charge in [0, 0.05) is 31.7 Å². The minimum absolute atomic E-state index is 0.205. The van der Waals surface area contributed by atoms with Gasteiger partial charge in [-0.3, -0.25) is 9.78 Å². The number of carbonyl (C=O) groups excluding carboxylic acids is 1. The van der Waals surface area contributed by atoms with Gasteiger partial charge in [-0.25, -0.2) is 0 Å². The van der Waals surface area contributed by atoms with Gasteiger partial charge in [-0.15, -0.1) is 11.3 Å². The van der Waals surface area contributed by atoms with Gasteiger partial charge in [0.15, 0.2) is 6.29 Å². The number of hydrogen-bond donors (Lipinski definition) is 1. The molecule has 1 amide bonds. The monoisotopic (exact) mass is 382 g/mol. The topological polar surface area (TPSA) is 60.5 Å². The summed E-state index contributed by atoms with van der Waals surface area (Å²) < 4.78 is 10.1. The Morgan fingerprint density at radius 1 is 1.07 bits per heavy atom. The van der Waals surface area contributed by atoms with Crippen LogP contribution in [0.2, 0.25) is 0 Å². The summed E-state index contributed by atoms with van der Waals surface area (Å²) in [5.41, 5.74) is 2.66. The average Bonchev–Trinajstić information content (AvgIpc) is 3.18. The van der Waals surface area contributed by atoms with Gasteiger partial charge in [0.1, 0.15) is 0 Å². The van der Waals surface area contributed by atoms with Gasteiger partial charge >= 0.3 is 0 Å². The summed E-state index contributed by atoms with van der Waals surface area (Å²) in [6, 6.07) is 18.2. The van der Waals surface area contributed by atoms with Crippen molar-refractivity contribution in [2.45, 2.75) is 12.7 Å². The SMILES string of the molecule is COC(CNC(=O)c1ccc(-c2ccc(Cc3ccccc3)s2)nc1)OC. The van der Waals surface area contributed by atoms with E-state index in [1.54, 1.807) is 23.6 Å². The fourth-order valence-corrected chi connectivity index (χ4v) is 3.64. The Hall–Kier alpha value is -2.54. The van der Waals surface area contributed by atoms with Crippen molar-refractivity contribution < 1.29 is 14.3 Å². The van der Waals surface area contributed by atoms with Crippen LogP contribution in [0.3, 0.4) is 0 Å². The molecule has 3 aromatic rings. The Labute approximate surface area is 163 Å². The van der Waals surface area contributed by atoms with Gasteiger partial charge in [0.05, 0.1) is 22.7 Å². The van der Waals surface area contributed by atoms with Crippen molar-refractivity contribution in [3.63, 3.8) is 0 Å². The van der Waals surface area contributed by atoms with E-state index in [4.69, 9.17) is 9.47 Å². The van der Waals surface area contributed by atoms with Crippen LogP contribution in [0.5, 0.6) is 0 Å². The lowest BCUT2D eigenvalue weighted by Crippen LogP contribution is -2.34. The fourth-order valence-electron chi connectivity index (χ4n) is 2.62. The van der Waals surface area contributed by atoms with Crippen LogP contribution in [-0.4, -0.2) is 37.9 Å². The third kappa shape index (κ3) is 5.23. The summed E-state index contributed by atoms with van der Waals surface area (Å²) in [5, 5.41) is 2.77. The highest BCUT2D eigenvalue weighted by Crippen LogP contribution is 2.28. The maximum absolute atomic E-state index is 12.2. The standard InChI is InChI=1S/C21H22N2O3S/c1-25-20(26-2)14-23-21(24)16-8-10-18(22-13-16)19-11-9-17(27-19)12-15-6-4-3-5-7-15/h3-11,13,20H,12,14H2,1-2H3,(H,23,24). The second-order valence-corrected chi connectivity index (χ2v) is 7.14. The summed E-state index contributed by atoms with van der Waals surface area (Å²) in [5.74, 6) is -0.205. The molecule has 5 nitrogen and oxygen atoms in total. The summed E-state index contributed by atoms with van der Waals surface area (Å²) in [4.78, 5) is 19.0. The predicted molar refractivity (Wildman–Crippen MR) is 107 cm³/mol. The third-order valence-electron chi connectivity index (χ3n) is 4.12. The number of nitrogens with zero attached hydrogens (tertiary/aromatic N) is 1. The van der Waals surface area contributed by atoms with Crippen molar-refractivity contribution in [2.24, 2.45) is 0 Å². The van der Waals surface area contributed by atoms with Crippen LogP contribution < -0.4 is 5.32 Å². The van der Waals surface area contributed by atoms with Gasteiger partial charge < -0.3 is 14.8 Å². The predicted octanol–water partition coefficient (Wildman–Crippen LogP) is 3.75. The molecule has 0 fully saturated rings. The Kier molecular flexibility index (Phi) is 6.70. The molecule has 3 rings (SSSR count). The number of thiophene rings is 1. The van der Waals surface area contributed by atoms with Gasteiger partial charge in [-0.2, -0.15) is 0 Å². The number of amides is 1. The van der Waals surface area contributed by atoms with Gasteiger partial charge in [0.25, 0.3) is 5.91 Å². The number of benzene rings is 1. The highest BCUT2D eigenvalue weighted by atomic mass is 32.1. The maximum Gasteiger partial charge on any atom is 0.253 e. The largest absolute Gasteiger partial charge is 0.354 e. The van der Waals surface area contributed by atoms with Crippen LogP contribution in [0.4, 0.5) is 0 Å². The molecule has 0 saturated carbocycles. The molecule has 1 aromatic carbocycles. The lowest BCUT2D eigenvalue weighted by molar-refractivity contribution is -0.0974. The van der Waals surface area contributed by atoms with Crippen LogP contribution in [0.1, 0.15) is 20.8 Å². The molecule has 2 heterocycles. The van der Waals surface area contributed by atoms with Crippen molar-refractivity contribution in [3.8, 4) is 10.6 Å². The number of methoxy groups -OCH3 is 2. The van der Waals surface area contributed by atoms with Gasteiger partial charge in [0.2, 0.25) is 0 Å². The zero-order valence-electron chi connectivity index (χ0n) is 15.3. The minimum atomic E-state index is -0.463. The fraction of sp³-hybridized carbons (Fsp3) is 0.238. The Morgan fingerprint density at radius 2 is 1.85 bits per heavy atom. The lowest BCUT2D eigenvalue weighted by Gasteiger charge is -2.13. The molecular formula is C21H22N2O3S. The first-order valence-electron chi connectivity index (χ1n) is 8.62. The normalized spacial score (nSPS) is 10.9. The quantitative estimate of drug-likeness (QED) is 0.603. The molecule has 0 unspecified atom stereocenters. The van der Waals surface area contributed by atoms with E-state index in [1.165, 1.54) is 24.7 Å².